The smallest absolute Gasteiger partial charge is 0.326 e. The molecule has 4 heteroatoms. The summed E-state index contributed by atoms with van der Waals surface area (Å²) in [5.41, 5.74) is -0.508. The number of hydrogen-bond donors (Lipinski definition) is 1. The van der Waals surface area contributed by atoms with Gasteiger partial charge in [-0.2, -0.15) is 0 Å². The third kappa shape index (κ3) is 3.68. The van der Waals surface area contributed by atoms with Gasteiger partial charge in [-0.3, -0.25) is 4.79 Å². The van der Waals surface area contributed by atoms with Crippen LogP contribution in [0.25, 0.3) is 0 Å². The highest BCUT2D eigenvalue weighted by molar-refractivity contribution is 5.81. The minimum atomic E-state index is -0.508. The third-order valence-corrected chi connectivity index (χ3v) is 3.25. The zero-order valence-corrected chi connectivity index (χ0v) is 11.3. The van der Waals surface area contributed by atoms with Crippen molar-refractivity contribution >= 4 is 5.97 Å². The first-order valence-corrected chi connectivity index (χ1v) is 6.72. The van der Waals surface area contributed by atoms with Gasteiger partial charge in [0.2, 0.25) is 0 Å². The van der Waals surface area contributed by atoms with Crippen LogP contribution in [0.3, 0.4) is 0 Å². The molecule has 0 aromatic rings. The fraction of sp³-hybridized carbons (Fsp3) is 0.923. The summed E-state index contributed by atoms with van der Waals surface area (Å²) in [6.07, 6.45) is 3.69. The Kier molecular flexibility index (Phi) is 5.92. The topological polar surface area (TPSA) is 47.6 Å². The maximum absolute atomic E-state index is 12.1. The van der Waals surface area contributed by atoms with Gasteiger partial charge in [0.05, 0.1) is 12.7 Å². The Hall–Kier alpha value is -0.610. The molecule has 1 fully saturated rings. The van der Waals surface area contributed by atoms with E-state index in [1.807, 2.05) is 13.8 Å². The fourth-order valence-electron chi connectivity index (χ4n) is 2.43. The molecular formula is C13H25NO3. The molecule has 0 aromatic heterocycles. The lowest BCUT2D eigenvalue weighted by molar-refractivity contribution is -0.151. The normalized spacial score (nSPS) is 28.3. The van der Waals surface area contributed by atoms with Gasteiger partial charge < -0.3 is 14.8 Å². The molecule has 1 aliphatic carbocycles. The number of carbonyl (C=O) groups is 1. The third-order valence-electron chi connectivity index (χ3n) is 3.25. The van der Waals surface area contributed by atoms with Crippen LogP contribution in [0.5, 0.6) is 0 Å². The second kappa shape index (κ2) is 6.97. The van der Waals surface area contributed by atoms with E-state index < -0.39 is 5.54 Å². The number of esters is 1. The van der Waals surface area contributed by atoms with Gasteiger partial charge in [-0.15, -0.1) is 0 Å². The summed E-state index contributed by atoms with van der Waals surface area (Å²) >= 11 is 0. The summed E-state index contributed by atoms with van der Waals surface area (Å²) in [5.74, 6) is -0.115. The second-order valence-electron chi connectivity index (χ2n) is 4.55. The van der Waals surface area contributed by atoms with Crippen LogP contribution in [-0.4, -0.2) is 37.4 Å². The van der Waals surface area contributed by atoms with Gasteiger partial charge in [-0.1, -0.05) is 6.92 Å². The van der Waals surface area contributed by atoms with E-state index in [1.54, 1.807) is 0 Å². The largest absolute Gasteiger partial charge is 0.465 e. The minimum absolute atomic E-state index is 0.115. The first-order chi connectivity index (χ1) is 8.18. The predicted octanol–water partition coefficient (Wildman–Crippen LogP) is 1.88. The summed E-state index contributed by atoms with van der Waals surface area (Å²) in [6, 6.07) is 0. The van der Waals surface area contributed by atoms with Crippen molar-refractivity contribution in [1.82, 2.24) is 5.32 Å². The molecule has 2 unspecified atom stereocenters. The van der Waals surface area contributed by atoms with E-state index in [0.717, 1.165) is 32.2 Å². The van der Waals surface area contributed by atoms with Crippen molar-refractivity contribution in [3.05, 3.63) is 0 Å². The molecule has 0 amide bonds. The Bertz CT molecular complexity index is 245. The molecule has 17 heavy (non-hydrogen) atoms. The van der Waals surface area contributed by atoms with Gasteiger partial charge in [0.1, 0.15) is 5.54 Å². The van der Waals surface area contributed by atoms with Crippen LogP contribution < -0.4 is 5.32 Å². The van der Waals surface area contributed by atoms with Crippen molar-refractivity contribution in [1.29, 1.82) is 0 Å². The number of rotatable bonds is 7. The van der Waals surface area contributed by atoms with E-state index in [0.29, 0.717) is 13.2 Å². The second-order valence-corrected chi connectivity index (χ2v) is 4.55. The molecule has 0 heterocycles. The summed E-state index contributed by atoms with van der Waals surface area (Å²) < 4.78 is 10.8. The first kappa shape index (κ1) is 14.5. The molecule has 1 saturated carbocycles. The molecule has 0 radical (unpaired) electrons. The van der Waals surface area contributed by atoms with Crippen molar-refractivity contribution in [3.8, 4) is 0 Å². The Morgan fingerprint density at radius 1 is 1.35 bits per heavy atom. The molecule has 0 bridgehead atoms. The maximum Gasteiger partial charge on any atom is 0.326 e. The molecule has 1 aliphatic rings. The van der Waals surface area contributed by atoms with Gasteiger partial charge >= 0.3 is 5.97 Å². The summed E-state index contributed by atoms with van der Waals surface area (Å²) in [4.78, 5) is 12.1. The van der Waals surface area contributed by atoms with Crippen LogP contribution in [0.2, 0.25) is 0 Å². The van der Waals surface area contributed by atoms with Gasteiger partial charge in [0, 0.05) is 13.0 Å². The Labute approximate surface area is 104 Å². The van der Waals surface area contributed by atoms with Crippen LogP contribution in [-0.2, 0) is 14.3 Å². The number of nitrogens with one attached hydrogen (secondary N) is 1. The molecular weight excluding hydrogens is 218 g/mol. The average Bonchev–Trinajstić information content (AvgIpc) is 2.72. The van der Waals surface area contributed by atoms with E-state index in [4.69, 9.17) is 9.47 Å². The molecule has 1 rings (SSSR count). The molecule has 2 atom stereocenters. The van der Waals surface area contributed by atoms with Crippen molar-refractivity contribution in [2.75, 3.05) is 19.8 Å². The molecule has 0 aliphatic heterocycles. The summed E-state index contributed by atoms with van der Waals surface area (Å²) in [5, 5.41) is 3.36. The lowest BCUT2D eigenvalue weighted by atomic mass is 9.97. The van der Waals surface area contributed by atoms with E-state index >= 15 is 0 Å². The quantitative estimate of drug-likeness (QED) is 0.694. The van der Waals surface area contributed by atoms with E-state index in [9.17, 15) is 4.79 Å². The molecule has 100 valence electrons. The maximum atomic E-state index is 12.1. The lowest BCUT2D eigenvalue weighted by Crippen LogP contribution is -2.51. The van der Waals surface area contributed by atoms with Crippen molar-refractivity contribution in [3.63, 3.8) is 0 Å². The highest BCUT2D eigenvalue weighted by atomic mass is 16.5. The zero-order chi connectivity index (χ0) is 12.7. The van der Waals surface area contributed by atoms with Gasteiger partial charge in [0.25, 0.3) is 0 Å². The highest BCUT2D eigenvalue weighted by Gasteiger charge is 2.46. The Balaban J connectivity index is 2.64. The Morgan fingerprint density at radius 3 is 2.71 bits per heavy atom. The number of hydrogen-bond acceptors (Lipinski definition) is 4. The van der Waals surface area contributed by atoms with Gasteiger partial charge in [0.15, 0.2) is 0 Å². The SMILES string of the molecule is CCCNC1(C(=O)OCC)CCC(OCC)C1. The molecule has 0 aromatic carbocycles. The first-order valence-electron chi connectivity index (χ1n) is 6.72. The van der Waals surface area contributed by atoms with Crippen LogP contribution in [0.4, 0.5) is 0 Å². The van der Waals surface area contributed by atoms with Crippen LogP contribution in [0, 0.1) is 0 Å². The standard InChI is InChI=1S/C13H25NO3/c1-4-9-14-13(12(15)17-6-3)8-7-11(10-13)16-5-2/h11,14H,4-10H2,1-3H3. The predicted molar refractivity (Wildman–Crippen MR) is 66.9 cm³/mol. The molecule has 0 saturated heterocycles. The van der Waals surface area contributed by atoms with Crippen LogP contribution >= 0.6 is 0 Å². The van der Waals surface area contributed by atoms with Crippen LogP contribution in [0.1, 0.15) is 46.5 Å². The van der Waals surface area contributed by atoms with Gasteiger partial charge in [-0.05, 0) is 39.7 Å². The molecule has 4 nitrogen and oxygen atoms in total. The zero-order valence-electron chi connectivity index (χ0n) is 11.3. The summed E-state index contributed by atoms with van der Waals surface area (Å²) in [7, 11) is 0. The minimum Gasteiger partial charge on any atom is -0.465 e. The monoisotopic (exact) mass is 243 g/mol. The van der Waals surface area contributed by atoms with E-state index in [-0.39, 0.29) is 12.1 Å². The lowest BCUT2D eigenvalue weighted by Gasteiger charge is -2.28. The number of carbonyl (C=O) groups excluding carboxylic acids is 1. The van der Waals surface area contributed by atoms with Crippen molar-refractivity contribution < 1.29 is 14.3 Å². The molecule has 0 spiro atoms. The summed E-state index contributed by atoms with van der Waals surface area (Å²) in [6.45, 7) is 7.92. The van der Waals surface area contributed by atoms with Crippen molar-refractivity contribution in [2.24, 2.45) is 0 Å². The fourth-order valence-corrected chi connectivity index (χ4v) is 2.43. The average molecular weight is 243 g/mol. The van der Waals surface area contributed by atoms with E-state index in [1.165, 1.54) is 0 Å². The molecule has 1 N–H and O–H groups in total. The van der Waals surface area contributed by atoms with Gasteiger partial charge in [-0.25, -0.2) is 0 Å². The van der Waals surface area contributed by atoms with Crippen molar-refractivity contribution in [2.45, 2.75) is 58.1 Å². The Morgan fingerprint density at radius 2 is 2.12 bits per heavy atom. The highest BCUT2D eigenvalue weighted by Crippen LogP contribution is 2.33. The van der Waals surface area contributed by atoms with E-state index in [2.05, 4.69) is 12.2 Å². The number of ether oxygens (including phenoxy) is 2. The van der Waals surface area contributed by atoms with Crippen LogP contribution in [0.15, 0.2) is 0 Å².